The van der Waals surface area contributed by atoms with E-state index in [9.17, 15) is 18.0 Å². The van der Waals surface area contributed by atoms with Crippen LogP contribution in [0.1, 0.15) is 36.8 Å². The van der Waals surface area contributed by atoms with Gasteiger partial charge in [0.15, 0.2) is 0 Å². The van der Waals surface area contributed by atoms with Crippen LogP contribution in [0.3, 0.4) is 0 Å². The Bertz CT molecular complexity index is 660. The van der Waals surface area contributed by atoms with E-state index < -0.39 is 11.7 Å². The number of benzene rings is 1. The van der Waals surface area contributed by atoms with E-state index in [2.05, 4.69) is 9.80 Å². The molecule has 2 bridgehead atoms. The lowest BCUT2D eigenvalue weighted by molar-refractivity contribution is -0.145. The summed E-state index contributed by atoms with van der Waals surface area (Å²) in [6, 6.07) is 5.99. The molecule has 3 saturated heterocycles. The molecule has 3 fully saturated rings. The quantitative estimate of drug-likeness (QED) is 0.813. The third-order valence-electron chi connectivity index (χ3n) is 5.92. The molecule has 0 aliphatic carbocycles. The Morgan fingerprint density at radius 1 is 1.16 bits per heavy atom. The highest BCUT2D eigenvalue weighted by atomic mass is 19.4. The van der Waals surface area contributed by atoms with E-state index in [0.29, 0.717) is 36.4 Å². The molecule has 3 aliphatic rings. The molecule has 3 nitrogen and oxygen atoms in total. The van der Waals surface area contributed by atoms with Crippen LogP contribution in [0.4, 0.5) is 13.2 Å². The van der Waals surface area contributed by atoms with Gasteiger partial charge in [0.1, 0.15) is 0 Å². The molecule has 3 heterocycles. The van der Waals surface area contributed by atoms with Gasteiger partial charge in [0.25, 0.3) is 0 Å². The maximum absolute atomic E-state index is 12.9. The normalized spacial score (nSPS) is 30.3. The van der Waals surface area contributed by atoms with E-state index in [-0.39, 0.29) is 5.91 Å². The van der Waals surface area contributed by atoms with Crippen molar-refractivity contribution in [3.8, 4) is 0 Å². The van der Waals surface area contributed by atoms with Crippen molar-refractivity contribution in [3.63, 3.8) is 0 Å². The summed E-state index contributed by atoms with van der Waals surface area (Å²) in [7, 11) is 0. The number of nitrogens with zero attached hydrogens (tertiary/aromatic N) is 2. The molecule has 1 aromatic rings. The Morgan fingerprint density at radius 3 is 2.80 bits per heavy atom. The number of hydrogen-bond acceptors (Lipinski definition) is 2. The molecule has 0 unspecified atom stereocenters. The average Bonchev–Trinajstić information content (AvgIpc) is 2.55. The van der Waals surface area contributed by atoms with Crippen LogP contribution in [0, 0.1) is 11.8 Å². The minimum absolute atomic E-state index is 0.289. The molecule has 25 heavy (non-hydrogen) atoms. The molecule has 0 radical (unpaired) electrons. The minimum atomic E-state index is -4.29. The fourth-order valence-electron chi connectivity index (χ4n) is 4.95. The van der Waals surface area contributed by atoms with Gasteiger partial charge in [0.05, 0.1) is 5.56 Å². The monoisotopic (exact) mass is 352 g/mol. The highest BCUT2D eigenvalue weighted by Crippen LogP contribution is 2.38. The Hall–Kier alpha value is -1.56. The first-order chi connectivity index (χ1) is 11.9. The lowest BCUT2D eigenvalue weighted by atomic mass is 9.76. The van der Waals surface area contributed by atoms with Gasteiger partial charge in [-0.1, -0.05) is 18.2 Å². The highest BCUT2D eigenvalue weighted by molar-refractivity contribution is 5.77. The van der Waals surface area contributed by atoms with Gasteiger partial charge in [0.2, 0.25) is 5.91 Å². The topological polar surface area (TPSA) is 23.6 Å². The van der Waals surface area contributed by atoms with Crippen LogP contribution < -0.4 is 0 Å². The number of carbonyl (C=O) groups excluding carboxylic acids is 1. The highest BCUT2D eigenvalue weighted by Gasteiger charge is 2.43. The summed E-state index contributed by atoms with van der Waals surface area (Å²) in [6.07, 6.45) is -0.440. The van der Waals surface area contributed by atoms with E-state index in [1.165, 1.54) is 12.1 Å². The van der Waals surface area contributed by atoms with E-state index in [0.717, 1.165) is 45.0 Å². The Morgan fingerprint density at radius 2 is 2.00 bits per heavy atom. The largest absolute Gasteiger partial charge is 0.416 e. The average molecular weight is 352 g/mol. The molecule has 1 amide bonds. The van der Waals surface area contributed by atoms with Crippen LogP contribution in [-0.2, 0) is 17.5 Å². The lowest BCUT2D eigenvalue weighted by Gasteiger charge is -2.52. The SMILES string of the molecule is O=C1CCC[C@H]2[C@H]3C[C@@H](CN(Cc4cccc(C(F)(F)F)c4)C3)CN12. The molecule has 4 rings (SSSR count). The van der Waals surface area contributed by atoms with Crippen molar-refractivity contribution in [2.75, 3.05) is 19.6 Å². The summed E-state index contributed by atoms with van der Waals surface area (Å²) in [5, 5.41) is 0. The molecule has 0 spiro atoms. The number of alkyl halides is 3. The fraction of sp³-hybridized carbons (Fsp3) is 0.632. The molecule has 0 N–H and O–H groups in total. The van der Waals surface area contributed by atoms with Crippen LogP contribution >= 0.6 is 0 Å². The van der Waals surface area contributed by atoms with Gasteiger partial charge in [-0.15, -0.1) is 0 Å². The van der Waals surface area contributed by atoms with Crippen LogP contribution in [0.15, 0.2) is 24.3 Å². The lowest BCUT2D eigenvalue weighted by Crippen LogP contribution is -2.60. The summed E-state index contributed by atoms with van der Waals surface area (Å²) in [5.74, 6) is 1.20. The number of amides is 1. The maximum Gasteiger partial charge on any atom is 0.416 e. The van der Waals surface area contributed by atoms with E-state index in [1.807, 2.05) is 0 Å². The predicted octanol–water partition coefficient (Wildman–Crippen LogP) is 3.54. The van der Waals surface area contributed by atoms with Crippen molar-refractivity contribution in [1.29, 1.82) is 0 Å². The second-order valence-corrected chi connectivity index (χ2v) is 7.76. The van der Waals surface area contributed by atoms with E-state index in [1.54, 1.807) is 6.07 Å². The maximum atomic E-state index is 12.9. The molecule has 3 aliphatic heterocycles. The molecular weight excluding hydrogens is 329 g/mol. The molecule has 0 saturated carbocycles. The van der Waals surface area contributed by atoms with E-state index >= 15 is 0 Å². The van der Waals surface area contributed by atoms with Gasteiger partial charge in [-0.25, -0.2) is 0 Å². The van der Waals surface area contributed by atoms with Gasteiger partial charge >= 0.3 is 6.18 Å². The Balaban J connectivity index is 1.46. The Kier molecular flexibility index (Phi) is 4.26. The van der Waals surface area contributed by atoms with Gasteiger partial charge < -0.3 is 4.90 Å². The molecule has 1 aromatic carbocycles. The number of carbonyl (C=O) groups is 1. The third-order valence-corrected chi connectivity index (χ3v) is 5.92. The van der Waals surface area contributed by atoms with Crippen molar-refractivity contribution in [1.82, 2.24) is 9.80 Å². The summed E-state index contributed by atoms with van der Waals surface area (Å²) in [5.41, 5.74) is 0.137. The van der Waals surface area contributed by atoms with Crippen LogP contribution in [0.2, 0.25) is 0 Å². The second kappa shape index (κ2) is 6.31. The van der Waals surface area contributed by atoms with Gasteiger partial charge in [-0.2, -0.15) is 13.2 Å². The second-order valence-electron chi connectivity index (χ2n) is 7.76. The van der Waals surface area contributed by atoms with E-state index in [4.69, 9.17) is 0 Å². The zero-order valence-corrected chi connectivity index (χ0v) is 14.1. The van der Waals surface area contributed by atoms with Gasteiger partial charge in [-0.05, 0) is 42.7 Å². The van der Waals surface area contributed by atoms with Crippen molar-refractivity contribution >= 4 is 5.91 Å². The number of rotatable bonds is 2. The third kappa shape index (κ3) is 3.41. The first-order valence-corrected chi connectivity index (χ1v) is 9.08. The van der Waals surface area contributed by atoms with Gasteiger partial charge in [-0.3, -0.25) is 9.69 Å². The Labute approximate surface area is 145 Å². The zero-order valence-electron chi connectivity index (χ0n) is 14.1. The van der Waals surface area contributed by atoms with Gasteiger partial charge in [0, 0.05) is 38.6 Å². The van der Waals surface area contributed by atoms with Crippen LogP contribution in [0.25, 0.3) is 0 Å². The summed E-state index contributed by atoms with van der Waals surface area (Å²) in [6.45, 7) is 3.11. The standard InChI is InChI=1S/C19H23F3N2O/c20-19(21,22)16-4-1-3-13(8-16)9-23-10-14-7-15(12-23)17-5-2-6-18(25)24(17)11-14/h1,3-4,8,14-15,17H,2,5-7,9-12H2/t14-,15-,17-/m0/s1. The number of halogens is 3. The van der Waals surface area contributed by atoms with Crippen molar-refractivity contribution in [2.45, 2.75) is 44.4 Å². The number of piperidine rings is 3. The smallest absolute Gasteiger partial charge is 0.339 e. The first kappa shape index (κ1) is 16.9. The summed E-state index contributed by atoms with van der Waals surface area (Å²) >= 11 is 0. The molecule has 0 aromatic heterocycles. The first-order valence-electron chi connectivity index (χ1n) is 9.08. The number of fused-ring (bicyclic) bond motifs is 4. The molecular formula is C19H23F3N2O. The summed E-state index contributed by atoms with van der Waals surface area (Å²) < 4.78 is 38.7. The van der Waals surface area contributed by atoms with Crippen LogP contribution in [0.5, 0.6) is 0 Å². The molecule has 6 heteroatoms. The van der Waals surface area contributed by atoms with Crippen LogP contribution in [-0.4, -0.2) is 41.4 Å². The van der Waals surface area contributed by atoms with Crippen molar-refractivity contribution < 1.29 is 18.0 Å². The fourth-order valence-corrected chi connectivity index (χ4v) is 4.95. The molecule has 136 valence electrons. The predicted molar refractivity (Wildman–Crippen MR) is 87.7 cm³/mol. The summed E-state index contributed by atoms with van der Waals surface area (Å²) in [4.78, 5) is 16.5. The number of likely N-dealkylation sites (tertiary alicyclic amines) is 1. The van der Waals surface area contributed by atoms with Crippen molar-refractivity contribution in [2.24, 2.45) is 11.8 Å². The zero-order chi connectivity index (χ0) is 17.6. The minimum Gasteiger partial charge on any atom is -0.339 e. The molecule has 3 atom stereocenters. The van der Waals surface area contributed by atoms with Crippen molar-refractivity contribution in [3.05, 3.63) is 35.4 Å². The number of hydrogen-bond donors (Lipinski definition) is 0.